The van der Waals surface area contributed by atoms with E-state index in [1.54, 1.807) is 4.57 Å². The second kappa shape index (κ2) is 5.66. The van der Waals surface area contributed by atoms with Crippen molar-refractivity contribution in [2.24, 2.45) is 0 Å². The average molecular weight is 296 g/mol. The van der Waals surface area contributed by atoms with Gasteiger partial charge in [-0.15, -0.1) is 0 Å². The van der Waals surface area contributed by atoms with Gasteiger partial charge < -0.3 is 4.98 Å². The highest BCUT2D eigenvalue weighted by atomic mass is 32.1. The number of aromatic nitrogens is 2. The third-order valence-corrected chi connectivity index (χ3v) is 3.92. The van der Waals surface area contributed by atoms with E-state index in [1.165, 1.54) is 11.1 Å². The maximum Gasteiger partial charge on any atom is 0.262 e. The van der Waals surface area contributed by atoms with Gasteiger partial charge in [-0.05, 0) is 43.3 Å². The first-order valence-electron chi connectivity index (χ1n) is 6.92. The van der Waals surface area contributed by atoms with Gasteiger partial charge in [-0.3, -0.25) is 9.36 Å². The lowest BCUT2D eigenvalue weighted by molar-refractivity contribution is 0.652. The predicted molar refractivity (Wildman–Crippen MR) is 88.3 cm³/mol. The quantitative estimate of drug-likeness (QED) is 0.750. The average Bonchev–Trinajstić information content (AvgIpc) is 2.47. The standard InChI is InChI=1S/C17H16N2OS/c1-12-5-4-6-13(11-12)9-10-19-16(20)14-7-2-3-8-15(14)18-17(19)21/h2-8,11H,9-10H2,1H3,(H,18,21). The van der Waals surface area contributed by atoms with Crippen LogP contribution in [-0.2, 0) is 13.0 Å². The summed E-state index contributed by atoms with van der Waals surface area (Å²) in [4.78, 5) is 15.6. The Balaban J connectivity index is 1.97. The van der Waals surface area contributed by atoms with Gasteiger partial charge in [0, 0.05) is 6.54 Å². The number of nitrogens with one attached hydrogen (secondary N) is 1. The van der Waals surface area contributed by atoms with Crippen LogP contribution in [0.3, 0.4) is 0 Å². The summed E-state index contributed by atoms with van der Waals surface area (Å²) in [6.45, 7) is 2.65. The van der Waals surface area contributed by atoms with Crippen molar-refractivity contribution in [2.45, 2.75) is 19.9 Å². The van der Waals surface area contributed by atoms with Crippen LogP contribution in [0.2, 0.25) is 0 Å². The summed E-state index contributed by atoms with van der Waals surface area (Å²) in [6.07, 6.45) is 0.789. The topological polar surface area (TPSA) is 37.8 Å². The second-order valence-corrected chi connectivity index (χ2v) is 5.56. The van der Waals surface area contributed by atoms with Gasteiger partial charge in [0.05, 0.1) is 10.9 Å². The summed E-state index contributed by atoms with van der Waals surface area (Å²) >= 11 is 5.32. The smallest absolute Gasteiger partial charge is 0.262 e. The van der Waals surface area contributed by atoms with Gasteiger partial charge in [-0.1, -0.05) is 42.0 Å². The minimum absolute atomic E-state index is 0.0259. The van der Waals surface area contributed by atoms with Crippen molar-refractivity contribution in [1.82, 2.24) is 9.55 Å². The molecule has 4 heteroatoms. The van der Waals surface area contributed by atoms with Crippen molar-refractivity contribution in [3.05, 3.63) is 74.8 Å². The van der Waals surface area contributed by atoms with Gasteiger partial charge in [0.2, 0.25) is 0 Å². The Hall–Kier alpha value is -2.20. The molecule has 0 saturated carbocycles. The van der Waals surface area contributed by atoms with Crippen molar-refractivity contribution in [3.63, 3.8) is 0 Å². The number of hydrogen-bond donors (Lipinski definition) is 1. The Labute approximate surface area is 127 Å². The largest absolute Gasteiger partial charge is 0.332 e. The number of rotatable bonds is 3. The van der Waals surface area contributed by atoms with Crippen molar-refractivity contribution in [1.29, 1.82) is 0 Å². The molecule has 1 aromatic heterocycles. The van der Waals surface area contributed by atoms with E-state index in [-0.39, 0.29) is 5.56 Å². The number of para-hydroxylation sites is 1. The zero-order valence-corrected chi connectivity index (χ0v) is 12.6. The van der Waals surface area contributed by atoms with E-state index < -0.39 is 0 Å². The SMILES string of the molecule is Cc1cccc(CCn2c(=S)[nH]c3ccccc3c2=O)c1. The molecule has 0 aliphatic rings. The van der Waals surface area contributed by atoms with Gasteiger partial charge in [0.25, 0.3) is 5.56 Å². The first-order chi connectivity index (χ1) is 10.1. The zero-order chi connectivity index (χ0) is 14.8. The minimum Gasteiger partial charge on any atom is -0.332 e. The van der Waals surface area contributed by atoms with Crippen molar-refractivity contribution >= 4 is 23.1 Å². The fourth-order valence-electron chi connectivity index (χ4n) is 2.51. The van der Waals surface area contributed by atoms with Crippen LogP contribution in [0.1, 0.15) is 11.1 Å². The third-order valence-electron chi connectivity index (χ3n) is 3.60. The molecule has 1 N–H and O–H groups in total. The lowest BCUT2D eigenvalue weighted by Gasteiger charge is -2.08. The summed E-state index contributed by atoms with van der Waals surface area (Å²) in [5.41, 5.74) is 3.20. The molecule has 0 saturated heterocycles. The summed E-state index contributed by atoms with van der Waals surface area (Å²) in [5, 5.41) is 0.676. The molecular formula is C17H16N2OS. The molecule has 0 radical (unpaired) electrons. The van der Waals surface area contributed by atoms with E-state index in [0.29, 0.717) is 16.7 Å². The lowest BCUT2D eigenvalue weighted by atomic mass is 10.1. The molecule has 21 heavy (non-hydrogen) atoms. The molecule has 0 atom stereocenters. The summed E-state index contributed by atoms with van der Waals surface area (Å²) in [6, 6.07) is 15.8. The van der Waals surface area contributed by atoms with Gasteiger partial charge in [-0.2, -0.15) is 0 Å². The first kappa shape index (κ1) is 13.8. The van der Waals surface area contributed by atoms with Crippen molar-refractivity contribution in [3.8, 4) is 0 Å². The van der Waals surface area contributed by atoms with Gasteiger partial charge in [0.1, 0.15) is 0 Å². The Morgan fingerprint density at radius 3 is 2.76 bits per heavy atom. The van der Waals surface area contributed by atoms with Crippen LogP contribution in [0.4, 0.5) is 0 Å². The normalized spacial score (nSPS) is 10.9. The van der Waals surface area contributed by atoms with Crippen molar-refractivity contribution in [2.75, 3.05) is 0 Å². The molecule has 0 aliphatic heterocycles. The first-order valence-corrected chi connectivity index (χ1v) is 7.33. The maximum absolute atomic E-state index is 12.5. The lowest BCUT2D eigenvalue weighted by Crippen LogP contribution is -2.23. The molecular weight excluding hydrogens is 280 g/mol. The fourth-order valence-corrected chi connectivity index (χ4v) is 2.79. The van der Waals surface area contributed by atoms with E-state index in [9.17, 15) is 4.79 Å². The Bertz CT molecular complexity index is 908. The van der Waals surface area contributed by atoms with Crippen LogP contribution in [0, 0.1) is 11.7 Å². The molecule has 3 nitrogen and oxygen atoms in total. The molecule has 3 rings (SSSR count). The van der Waals surface area contributed by atoms with Gasteiger partial charge in [-0.25, -0.2) is 0 Å². The molecule has 0 amide bonds. The summed E-state index contributed by atoms with van der Waals surface area (Å²) in [7, 11) is 0. The molecule has 1 heterocycles. The molecule has 2 aromatic carbocycles. The summed E-state index contributed by atoms with van der Waals surface area (Å²) < 4.78 is 2.12. The summed E-state index contributed by atoms with van der Waals surface area (Å²) in [5.74, 6) is 0. The second-order valence-electron chi connectivity index (χ2n) is 5.17. The van der Waals surface area contributed by atoms with Crippen LogP contribution in [0.25, 0.3) is 10.9 Å². The van der Waals surface area contributed by atoms with Gasteiger partial charge >= 0.3 is 0 Å². The Kier molecular flexibility index (Phi) is 3.71. The molecule has 0 fully saturated rings. The molecule has 0 bridgehead atoms. The van der Waals surface area contributed by atoms with Crippen LogP contribution in [-0.4, -0.2) is 9.55 Å². The van der Waals surface area contributed by atoms with Gasteiger partial charge in [0.15, 0.2) is 4.77 Å². The molecule has 106 valence electrons. The molecule has 0 aliphatic carbocycles. The van der Waals surface area contributed by atoms with E-state index >= 15 is 0 Å². The minimum atomic E-state index is -0.0259. The highest BCUT2D eigenvalue weighted by Crippen LogP contribution is 2.08. The Morgan fingerprint density at radius 2 is 1.95 bits per heavy atom. The maximum atomic E-state index is 12.5. The Morgan fingerprint density at radius 1 is 1.14 bits per heavy atom. The van der Waals surface area contributed by atoms with E-state index in [4.69, 9.17) is 12.2 Å². The predicted octanol–water partition coefficient (Wildman–Crippen LogP) is 3.61. The number of benzene rings is 2. The molecule has 0 spiro atoms. The van der Waals surface area contributed by atoms with Crippen LogP contribution in [0.5, 0.6) is 0 Å². The third kappa shape index (κ3) is 2.81. The number of aryl methyl sites for hydroxylation is 2. The highest BCUT2D eigenvalue weighted by molar-refractivity contribution is 7.71. The van der Waals surface area contributed by atoms with E-state index in [1.807, 2.05) is 30.3 Å². The number of nitrogens with zero attached hydrogens (tertiary/aromatic N) is 1. The monoisotopic (exact) mass is 296 g/mol. The number of aromatic amines is 1. The molecule has 3 aromatic rings. The number of H-pyrrole nitrogens is 1. The fraction of sp³-hybridized carbons (Fsp3) is 0.176. The number of fused-ring (bicyclic) bond motifs is 1. The van der Waals surface area contributed by atoms with Crippen LogP contribution in [0.15, 0.2) is 53.3 Å². The van der Waals surface area contributed by atoms with E-state index in [2.05, 4.69) is 30.1 Å². The van der Waals surface area contributed by atoms with Crippen LogP contribution < -0.4 is 5.56 Å². The molecule has 0 unspecified atom stereocenters. The van der Waals surface area contributed by atoms with E-state index in [0.717, 1.165) is 11.9 Å². The highest BCUT2D eigenvalue weighted by Gasteiger charge is 2.05. The van der Waals surface area contributed by atoms with Crippen molar-refractivity contribution < 1.29 is 0 Å². The number of hydrogen-bond acceptors (Lipinski definition) is 2. The zero-order valence-electron chi connectivity index (χ0n) is 11.8. The van der Waals surface area contributed by atoms with Crippen LogP contribution >= 0.6 is 12.2 Å².